The highest BCUT2D eigenvalue weighted by Crippen LogP contribution is 2.23. The normalized spacial score (nSPS) is 20.7. The van der Waals surface area contributed by atoms with Gasteiger partial charge in [0.15, 0.2) is 6.29 Å². The number of aliphatic hydroxyl groups excluding tert-OH is 6. The van der Waals surface area contributed by atoms with Gasteiger partial charge >= 0.3 is 0 Å². The quantitative estimate of drug-likeness (QED) is 0.0275. The van der Waals surface area contributed by atoms with E-state index in [0.717, 1.165) is 64.2 Å². The van der Waals surface area contributed by atoms with Crippen molar-refractivity contribution in [1.29, 1.82) is 0 Å². The third-order valence-electron chi connectivity index (χ3n) is 12.5. The highest BCUT2D eigenvalue weighted by Gasteiger charge is 2.44. The van der Waals surface area contributed by atoms with Crippen molar-refractivity contribution < 1.29 is 49.7 Å². The fraction of sp³-hybridized carbons (Fsp3) is 0.959. The summed E-state index contributed by atoms with van der Waals surface area (Å²) in [5.74, 6) is -0.183. The molecule has 1 rings (SSSR count). The van der Waals surface area contributed by atoms with Crippen LogP contribution in [-0.4, -0.2) is 111 Å². The summed E-state index contributed by atoms with van der Waals surface area (Å²) in [6.07, 6.45) is 27.9. The van der Waals surface area contributed by atoms with E-state index >= 15 is 0 Å². The third-order valence-corrected chi connectivity index (χ3v) is 12.5. The Bertz CT molecular complexity index is 1010. The molecule has 12 heteroatoms. The molecule has 1 aliphatic heterocycles. The van der Waals surface area contributed by atoms with E-state index in [2.05, 4.69) is 24.5 Å². The second-order valence-electron chi connectivity index (χ2n) is 18.2. The van der Waals surface area contributed by atoms with Crippen molar-refractivity contribution in [3.05, 3.63) is 0 Å². The van der Waals surface area contributed by atoms with Crippen LogP contribution in [-0.2, 0) is 19.1 Å². The fourth-order valence-corrected chi connectivity index (χ4v) is 8.28. The molecule has 12 nitrogen and oxygen atoms in total. The molecule has 1 heterocycles. The van der Waals surface area contributed by atoms with Crippen LogP contribution >= 0.6 is 0 Å². The molecule has 8 N–H and O–H groups in total. The second kappa shape index (κ2) is 40.2. The van der Waals surface area contributed by atoms with Gasteiger partial charge in [0, 0.05) is 19.4 Å². The molecule has 0 aromatic rings. The Labute approximate surface area is 372 Å². The van der Waals surface area contributed by atoms with Crippen LogP contribution in [0.1, 0.15) is 232 Å². The third kappa shape index (κ3) is 30.4. The van der Waals surface area contributed by atoms with E-state index in [4.69, 9.17) is 9.47 Å². The van der Waals surface area contributed by atoms with Crippen molar-refractivity contribution in [2.75, 3.05) is 19.8 Å². The monoisotopic (exact) mass is 873 g/mol. The molecule has 0 spiro atoms. The summed E-state index contributed by atoms with van der Waals surface area (Å²) in [6.45, 7) is 4.21. The summed E-state index contributed by atoms with van der Waals surface area (Å²) in [5, 5.41) is 68.2. The number of unbranched alkanes of at least 4 members (excludes halogenated alkanes) is 28. The van der Waals surface area contributed by atoms with Gasteiger partial charge in [0.2, 0.25) is 11.8 Å². The van der Waals surface area contributed by atoms with Crippen molar-refractivity contribution in [1.82, 2.24) is 10.6 Å². The summed E-state index contributed by atoms with van der Waals surface area (Å²) in [6, 6.07) is -1.03. The van der Waals surface area contributed by atoms with Crippen molar-refractivity contribution in [2.24, 2.45) is 0 Å². The van der Waals surface area contributed by atoms with Gasteiger partial charge in [-0.15, -0.1) is 0 Å². The maximum atomic E-state index is 13.0. The van der Waals surface area contributed by atoms with Gasteiger partial charge in [-0.05, 0) is 25.7 Å². The average Bonchev–Trinajstić information content (AvgIpc) is 3.25. The molecule has 1 saturated heterocycles. The first-order valence-electron chi connectivity index (χ1n) is 25.5. The molecule has 61 heavy (non-hydrogen) atoms. The molecule has 362 valence electrons. The number of nitrogens with one attached hydrogen (secondary N) is 2. The Balaban J connectivity index is 2.31. The molecule has 0 aromatic heterocycles. The minimum atomic E-state index is -1.63. The molecule has 1 aliphatic rings. The molecule has 1 fully saturated rings. The van der Waals surface area contributed by atoms with Crippen LogP contribution in [0.2, 0.25) is 0 Å². The Kier molecular flexibility index (Phi) is 37.9. The Morgan fingerprint density at radius 2 is 0.951 bits per heavy atom. The number of ether oxygens (including phenoxy) is 2. The second-order valence-corrected chi connectivity index (χ2v) is 18.2. The van der Waals surface area contributed by atoms with Gasteiger partial charge in [0.1, 0.15) is 30.5 Å². The maximum absolute atomic E-state index is 13.0. The van der Waals surface area contributed by atoms with E-state index < -0.39 is 55.6 Å². The van der Waals surface area contributed by atoms with Crippen molar-refractivity contribution in [3.63, 3.8) is 0 Å². The Morgan fingerprint density at radius 3 is 1.41 bits per heavy atom. The van der Waals surface area contributed by atoms with Crippen LogP contribution in [0.5, 0.6) is 0 Å². The summed E-state index contributed by atoms with van der Waals surface area (Å²) in [4.78, 5) is 25.3. The zero-order chi connectivity index (χ0) is 44.8. The zero-order valence-corrected chi connectivity index (χ0v) is 39.1. The molecule has 8 atom stereocenters. The summed E-state index contributed by atoms with van der Waals surface area (Å²) in [7, 11) is 0. The number of aliphatic hydroxyl groups is 6. The van der Waals surface area contributed by atoms with Gasteiger partial charge in [-0.3, -0.25) is 9.59 Å². The molecule has 0 saturated carbocycles. The predicted octanol–water partition coefficient (Wildman–Crippen LogP) is 8.43. The molecule has 0 aromatic carbocycles. The average molecular weight is 873 g/mol. The Hall–Kier alpha value is -1.38. The Morgan fingerprint density at radius 1 is 0.541 bits per heavy atom. The fourth-order valence-electron chi connectivity index (χ4n) is 8.28. The number of carbonyl (C=O) groups is 2. The van der Waals surface area contributed by atoms with Gasteiger partial charge in [-0.2, -0.15) is 0 Å². The summed E-state index contributed by atoms with van der Waals surface area (Å²) < 4.78 is 11.1. The highest BCUT2D eigenvalue weighted by atomic mass is 16.7. The zero-order valence-electron chi connectivity index (χ0n) is 39.1. The number of rotatable bonds is 43. The molecule has 0 radical (unpaired) electrons. The molecule has 2 amide bonds. The first-order valence-corrected chi connectivity index (χ1v) is 25.5. The van der Waals surface area contributed by atoms with Crippen molar-refractivity contribution >= 4 is 11.8 Å². The number of hydrogen-bond acceptors (Lipinski definition) is 10. The van der Waals surface area contributed by atoms with E-state index in [1.165, 1.54) is 128 Å². The van der Waals surface area contributed by atoms with Gasteiger partial charge in [0.25, 0.3) is 0 Å². The first kappa shape index (κ1) is 57.6. The predicted molar refractivity (Wildman–Crippen MR) is 245 cm³/mol. The first-order chi connectivity index (χ1) is 29.7. The summed E-state index contributed by atoms with van der Waals surface area (Å²) >= 11 is 0. The molecule has 0 bridgehead atoms. The standard InChI is InChI=1S/C49H96N2O10/c1-3-5-7-9-11-13-15-17-18-20-22-24-27-31-35-43(54)50-37-33-29-25-28-32-36-44(55)51-40(39-60-49-48(59)47(58)46(57)42(38-52)61-49)45(56)41(53)34-30-26-23-21-19-16-14-12-10-8-6-4-2/h40-42,45-49,52-53,56-59H,3-39H2,1-2H3,(H,50,54)(H,51,55)/t40-,41+,42+,45-,46-,47-,48+,49-/m0/s1. The van der Waals surface area contributed by atoms with Crippen LogP contribution in [0.3, 0.4) is 0 Å². The van der Waals surface area contributed by atoms with E-state index in [1.807, 2.05) is 0 Å². The van der Waals surface area contributed by atoms with Crippen molar-refractivity contribution in [3.8, 4) is 0 Å². The van der Waals surface area contributed by atoms with E-state index in [9.17, 15) is 40.2 Å². The highest BCUT2D eigenvalue weighted by molar-refractivity contribution is 5.76. The lowest BCUT2D eigenvalue weighted by Gasteiger charge is -2.40. The van der Waals surface area contributed by atoms with Crippen LogP contribution < -0.4 is 10.6 Å². The van der Waals surface area contributed by atoms with Crippen LogP contribution in [0.4, 0.5) is 0 Å². The van der Waals surface area contributed by atoms with E-state index in [-0.39, 0.29) is 24.8 Å². The van der Waals surface area contributed by atoms with Crippen LogP contribution in [0.15, 0.2) is 0 Å². The SMILES string of the molecule is CCCCCCCCCCCCCCCCC(=O)NCCCCCCCC(=O)N[C@@H](CO[C@H]1O[C@H](CO)[C@H](O)[C@H](O)[C@H]1O)[C@H](O)[C@H](O)CCCCCCCCCCCCCC. The van der Waals surface area contributed by atoms with E-state index in [1.54, 1.807) is 0 Å². The van der Waals surface area contributed by atoms with Crippen LogP contribution in [0, 0.1) is 0 Å². The minimum absolute atomic E-state index is 0.127. The number of amides is 2. The lowest BCUT2D eigenvalue weighted by atomic mass is 9.98. The van der Waals surface area contributed by atoms with Gasteiger partial charge in [0.05, 0.1) is 25.4 Å². The molecular weight excluding hydrogens is 777 g/mol. The lowest BCUT2D eigenvalue weighted by molar-refractivity contribution is -0.303. The van der Waals surface area contributed by atoms with Gasteiger partial charge in [-0.25, -0.2) is 0 Å². The molecule has 0 aliphatic carbocycles. The van der Waals surface area contributed by atoms with E-state index in [0.29, 0.717) is 25.8 Å². The molecular formula is C49H96N2O10. The van der Waals surface area contributed by atoms with Gasteiger partial charge in [-0.1, -0.05) is 194 Å². The van der Waals surface area contributed by atoms with Crippen molar-refractivity contribution in [2.45, 2.75) is 281 Å². The largest absolute Gasteiger partial charge is 0.394 e. The minimum Gasteiger partial charge on any atom is -0.394 e. The smallest absolute Gasteiger partial charge is 0.220 e. The number of hydrogen-bond donors (Lipinski definition) is 8. The van der Waals surface area contributed by atoms with Gasteiger partial charge < -0.3 is 50.7 Å². The lowest BCUT2D eigenvalue weighted by Crippen LogP contribution is -2.60. The number of carbonyl (C=O) groups excluding carboxylic acids is 2. The maximum Gasteiger partial charge on any atom is 0.220 e. The molecule has 0 unspecified atom stereocenters. The van der Waals surface area contributed by atoms with Crippen LogP contribution in [0.25, 0.3) is 0 Å². The summed E-state index contributed by atoms with van der Waals surface area (Å²) in [5.41, 5.74) is 0. The topological polar surface area (TPSA) is 198 Å².